The molecule has 1 aliphatic rings. The molecule has 0 amide bonds. The van der Waals surface area contributed by atoms with Crippen molar-refractivity contribution < 1.29 is 10.2 Å². The van der Waals surface area contributed by atoms with Crippen LogP contribution in [0.4, 0.5) is 0 Å². The Hall–Kier alpha value is -0.160. The zero-order valence-electron chi connectivity index (χ0n) is 5.83. The molecular weight excluding hydrogens is 132 g/mol. The fourth-order valence-corrected chi connectivity index (χ4v) is 1.23. The highest BCUT2D eigenvalue weighted by molar-refractivity contribution is 4.90. The number of hydrogen-bond acceptors (Lipinski definition) is 4. The van der Waals surface area contributed by atoms with E-state index in [-0.39, 0.29) is 6.04 Å². The normalized spacial score (nSPS) is 40.5. The Labute approximate surface area is 60.0 Å². The minimum absolute atomic E-state index is 0.0139. The van der Waals surface area contributed by atoms with Crippen molar-refractivity contribution in [2.45, 2.75) is 24.7 Å². The molecule has 0 aliphatic carbocycles. The largest absolute Gasteiger partial charge is 0.389 e. The van der Waals surface area contributed by atoms with E-state index in [0.717, 1.165) is 6.42 Å². The van der Waals surface area contributed by atoms with Crippen LogP contribution in [0.5, 0.6) is 0 Å². The lowest BCUT2D eigenvalue weighted by Gasteiger charge is -2.13. The molecule has 3 atom stereocenters. The fraction of sp³-hybridized carbons (Fsp3) is 1.00. The molecule has 0 radical (unpaired) electrons. The molecule has 0 aromatic heterocycles. The maximum atomic E-state index is 9.22. The van der Waals surface area contributed by atoms with Gasteiger partial charge in [-0.1, -0.05) is 0 Å². The van der Waals surface area contributed by atoms with Crippen molar-refractivity contribution in [1.29, 1.82) is 0 Å². The summed E-state index contributed by atoms with van der Waals surface area (Å²) < 4.78 is 0. The predicted octanol–water partition coefficient (Wildman–Crippen LogP) is -1.97. The first kappa shape index (κ1) is 7.94. The average Bonchev–Trinajstić information content (AvgIpc) is 2.20. The third-order valence-corrected chi connectivity index (χ3v) is 1.87. The van der Waals surface area contributed by atoms with Crippen LogP contribution in [0.3, 0.4) is 0 Å². The fourth-order valence-electron chi connectivity index (χ4n) is 1.23. The summed E-state index contributed by atoms with van der Waals surface area (Å²) in [6.07, 6.45) is -0.529. The highest BCUT2D eigenvalue weighted by Crippen LogP contribution is 2.09. The lowest BCUT2D eigenvalue weighted by atomic mass is 10.1. The van der Waals surface area contributed by atoms with Gasteiger partial charge in [-0.2, -0.15) is 0 Å². The highest BCUT2D eigenvalue weighted by atomic mass is 16.3. The SMILES string of the molecule is NCCC1NCC(O)C1O. The molecule has 0 aromatic rings. The summed E-state index contributed by atoms with van der Waals surface area (Å²) in [4.78, 5) is 0. The van der Waals surface area contributed by atoms with Crippen molar-refractivity contribution in [2.75, 3.05) is 13.1 Å². The lowest BCUT2D eigenvalue weighted by molar-refractivity contribution is 0.0397. The molecule has 4 heteroatoms. The van der Waals surface area contributed by atoms with Crippen molar-refractivity contribution in [3.8, 4) is 0 Å². The van der Waals surface area contributed by atoms with Crippen LogP contribution in [0.2, 0.25) is 0 Å². The molecule has 10 heavy (non-hydrogen) atoms. The quantitative estimate of drug-likeness (QED) is 0.364. The van der Waals surface area contributed by atoms with Gasteiger partial charge in [-0.05, 0) is 13.0 Å². The first-order valence-electron chi connectivity index (χ1n) is 3.55. The number of nitrogens with one attached hydrogen (secondary N) is 1. The molecule has 1 rings (SSSR count). The van der Waals surface area contributed by atoms with Crippen LogP contribution in [0.1, 0.15) is 6.42 Å². The standard InChI is InChI=1S/C6H14N2O2/c7-2-1-4-6(10)5(9)3-8-4/h4-6,8-10H,1-3,7H2. The van der Waals surface area contributed by atoms with E-state index < -0.39 is 12.2 Å². The molecule has 1 saturated heterocycles. The van der Waals surface area contributed by atoms with Crippen LogP contribution in [-0.4, -0.2) is 41.6 Å². The second-order valence-corrected chi connectivity index (χ2v) is 2.65. The zero-order chi connectivity index (χ0) is 7.56. The van der Waals surface area contributed by atoms with E-state index in [1.807, 2.05) is 0 Å². The number of aliphatic hydroxyl groups excluding tert-OH is 2. The predicted molar refractivity (Wildman–Crippen MR) is 37.5 cm³/mol. The Bertz CT molecular complexity index is 108. The Kier molecular flexibility index (Phi) is 2.62. The molecular formula is C6H14N2O2. The van der Waals surface area contributed by atoms with Gasteiger partial charge in [0.1, 0.15) is 0 Å². The van der Waals surface area contributed by atoms with Crippen molar-refractivity contribution >= 4 is 0 Å². The summed E-state index contributed by atoms with van der Waals surface area (Å²) in [5.41, 5.74) is 5.28. The van der Waals surface area contributed by atoms with Gasteiger partial charge in [-0.15, -0.1) is 0 Å². The monoisotopic (exact) mass is 146 g/mol. The third kappa shape index (κ3) is 1.46. The lowest BCUT2D eigenvalue weighted by Crippen LogP contribution is -2.34. The zero-order valence-corrected chi connectivity index (χ0v) is 5.83. The summed E-state index contributed by atoms with van der Waals surface area (Å²) >= 11 is 0. The van der Waals surface area contributed by atoms with E-state index >= 15 is 0 Å². The summed E-state index contributed by atoms with van der Waals surface area (Å²) in [5.74, 6) is 0. The highest BCUT2D eigenvalue weighted by Gasteiger charge is 2.31. The van der Waals surface area contributed by atoms with Crippen LogP contribution < -0.4 is 11.1 Å². The second-order valence-electron chi connectivity index (χ2n) is 2.65. The number of aliphatic hydroxyl groups is 2. The molecule has 0 spiro atoms. The van der Waals surface area contributed by atoms with E-state index in [4.69, 9.17) is 10.8 Å². The van der Waals surface area contributed by atoms with Gasteiger partial charge in [0.2, 0.25) is 0 Å². The van der Waals surface area contributed by atoms with Gasteiger partial charge in [0, 0.05) is 12.6 Å². The number of nitrogens with two attached hydrogens (primary N) is 1. The van der Waals surface area contributed by atoms with Gasteiger partial charge >= 0.3 is 0 Å². The molecule has 5 N–H and O–H groups in total. The molecule has 3 unspecified atom stereocenters. The van der Waals surface area contributed by atoms with E-state index in [1.165, 1.54) is 0 Å². The summed E-state index contributed by atoms with van der Waals surface area (Å²) in [5, 5.41) is 21.2. The maximum Gasteiger partial charge on any atom is 0.0964 e. The van der Waals surface area contributed by atoms with Gasteiger partial charge < -0.3 is 21.3 Å². The summed E-state index contributed by atoms with van der Waals surface area (Å²) in [6, 6.07) is -0.0139. The van der Waals surface area contributed by atoms with Gasteiger partial charge in [0.15, 0.2) is 0 Å². The van der Waals surface area contributed by atoms with E-state index in [0.29, 0.717) is 13.1 Å². The topological polar surface area (TPSA) is 78.5 Å². The van der Waals surface area contributed by atoms with Crippen molar-refractivity contribution in [2.24, 2.45) is 5.73 Å². The molecule has 0 bridgehead atoms. The Morgan fingerprint density at radius 2 is 2.20 bits per heavy atom. The minimum atomic E-state index is -0.636. The summed E-state index contributed by atoms with van der Waals surface area (Å²) in [7, 11) is 0. The van der Waals surface area contributed by atoms with E-state index in [9.17, 15) is 5.11 Å². The van der Waals surface area contributed by atoms with Crippen LogP contribution in [0, 0.1) is 0 Å². The van der Waals surface area contributed by atoms with Crippen LogP contribution in [0.25, 0.3) is 0 Å². The molecule has 1 aliphatic heterocycles. The first-order valence-corrected chi connectivity index (χ1v) is 3.55. The molecule has 60 valence electrons. The van der Waals surface area contributed by atoms with Crippen LogP contribution in [0.15, 0.2) is 0 Å². The third-order valence-electron chi connectivity index (χ3n) is 1.87. The molecule has 1 fully saturated rings. The van der Waals surface area contributed by atoms with Crippen LogP contribution in [-0.2, 0) is 0 Å². The van der Waals surface area contributed by atoms with Gasteiger partial charge in [-0.25, -0.2) is 0 Å². The van der Waals surface area contributed by atoms with Gasteiger partial charge in [-0.3, -0.25) is 0 Å². The molecule has 4 nitrogen and oxygen atoms in total. The first-order chi connectivity index (χ1) is 4.75. The number of rotatable bonds is 2. The Morgan fingerprint density at radius 1 is 1.50 bits per heavy atom. The van der Waals surface area contributed by atoms with Crippen molar-refractivity contribution in [3.05, 3.63) is 0 Å². The minimum Gasteiger partial charge on any atom is -0.389 e. The van der Waals surface area contributed by atoms with Crippen molar-refractivity contribution in [1.82, 2.24) is 5.32 Å². The number of hydrogen-bond donors (Lipinski definition) is 4. The molecule has 1 heterocycles. The Balaban J connectivity index is 2.33. The van der Waals surface area contributed by atoms with Gasteiger partial charge in [0.25, 0.3) is 0 Å². The smallest absolute Gasteiger partial charge is 0.0964 e. The molecule has 0 saturated carbocycles. The van der Waals surface area contributed by atoms with Crippen LogP contribution >= 0.6 is 0 Å². The van der Waals surface area contributed by atoms with E-state index in [1.54, 1.807) is 0 Å². The molecule has 0 aromatic carbocycles. The second kappa shape index (κ2) is 3.30. The Morgan fingerprint density at radius 3 is 2.60 bits per heavy atom. The maximum absolute atomic E-state index is 9.22. The summed E-state index contributed by atoms with van der Waals surface area (Å²) in [6.45, 7) is 1.02. The number of β-amino-alcohol motifs (C(OH)–C–C–N with tert-alkyl or cyclic N) is 1. The average molecular weight is 146 g/mol. The van der Waals surface area contributed by atoms with E-state index in [2.05, 4.69) is 5.32 Å². The van der Waals surface area contributed by atoms with Gasteiger partial charge in [0.05, 0.1) is 12.2 Å². The van der Waals surface area contributed by atoms with Crippen molar-refractivity contribution in [3.63, 3.8) is 0 Å².